The van der Waals surface area contributed by atoms with Crippen LogP contribution in [0, 0.1) is 0 Å². The van der Waals surface area contributed by atoms with Crippen molar-refractivity contribution in [3.8, 4) is 62.1 Å². The maximum Gasteiger partial charge on any atom is 0.164 e. The van der Waals surface area contributed by atoms with Crippen molar-refractivity contribution >= 4 is 74.9 Å². The molecular formula is C59H36N4S. The molecule has 0 aliphatic rings. The van der Waals surface area contributed by atoms with E-state index in [9.17, 15) is 0 Å². The maximum atomic E-state index is 5.30. The zero-order valence-corrected chi connectivity index (χ0v) is 35.3. The van der Waals surface area contributed by atoms with Gasteiger partial charge < -0.3 is 4.57 Å². The van der Waals surface area contributed by atoms with Crippen LogP contribution < -0.4 is 0 Å². The molecule has 13 rings (SSSR count). The highest BCUT2D eigenvalue weighted by Gasteiger charge is 2.21. The smallest absolute Gasteiger partial charge is 0.164 e. The number of thiophene rings is 1. The second-order valence-corrected chi connectivity index (χ2v) is 17.5. The zero-order chi connectivity index (χ0) is 42.1. The average molecular weight is 833 g/mol. The molecule has 0 aliphatic heterocycles. The van der Waals surface area contributed by atoms with Crippen LogP contribution in [0.1, 0.15) is 0 Å². The van der Waals surface area contributed by atoms with Gasteiger partial charge in [-0.15, -0.1) is 11.3 Å². The molecule has 10 aromatic carbocycles. The largest absolute Gasteiger partial charge is 0.308 e. The molecule has 0 aliphatic carbocycles. The van der Waals surface area contributed by atoms with E-state index >= 15 is 0 Å². The molecule has 3 heterocycles. The molecule has 64 heavy (non-hydrogen) atoms. The van der Waals surface area contributed by atoms with E-state index in [0.717, 1.165) is 39.0 Å². The van der Waals surface area contributed by atoms with Crippen LogP contribution in [0.4, 0.5) is 0 Å². The first kappa shape index (κ1) is 36.4. The Bertz CT molecular complexity index is 3940. The lowest BCUT2D eigenvalue weighted by atomic mass is 9.97. The number of benzene rings is 10. The van der Waals surface area contributed by atoms with Gasteiger partial charge in [0.2, 0.25) is 0 Å². The Morgan fingerprint density at radius 3 is 1.62 bits per heavy atom. The molecule has 0 N–H and O–H groups in total. The van der Waals surface area contributed by atoms with Crippen molar-refractivity contribution in [1.29, 1.82) is 0 Å². The highest BCUT2D eigenvalue weighted by molar-refractivity contribution is 7.25. The lowest BCUT2D eigenvalue weighted by Gasteiger charge is -2.17. The van der Waals surface area contributed by atoms with Crippen LogP contribution >= 0.6 is 11.3 Å². The number of fused-ring (bicyclic) bond motifs is 9. The van der Waals surface area contributed by atoms with Gasteiger partial charge in [-0.25, -0.2) is 15.0 Å². The van der Waals surface area contributed by atoms with Crippen LogP contribution in [-0.2, 0) is 0 Å². The predicted octanol–water partition coefficient (Wildman–Crippen LogP) is 16.0. The standard InChI is InChI=1S/C59H36N4S/c1-3-13-37(14-4-1)38-23-25-40(26-24-38)49-34-44(28-31-52(49)63-53-36-43-19-8-7-18-42(43)33-50(53)48-30-27-39-15-9-10-20-46(39)56(48)63)58-60-57(41-16-5-2-6-17-41)61-59(62-58)45-29-32-55-51(35-45)47-21-11-12-22-54(47)64-55/h1-36H. The van der Waals surface area contributed by atoms with E-state index in [4.69, 9.17) is 15.0 Å². The van der Waals surface area contributed by atoms with E-state index in [1.54, 1.807) is 0 Å². The molecule has 0 fully saturated rings. The van der Waals surface area contributed by atoms with Crippen molar-refractivity contribution in [2.45, 2.75) is 0 Å². The first-order valence-electron chi connectivity index (χ1n) is 21.6. The van der Waals surface area contributed by atoms with Gasteiger partial charge in [-0.3, -0.25) is 0 Å². The maximum absolute atomic E-state index is 5.30. The van der Waals surface area contributed by atoms with Gasteiger partial charge in [-0.2, -0.15) is 0 Å². The summed E-state index contributed by atoms with van der Waals surface area (Å²) in [5, 5.41) is 9.73. The molecule has 0 spiro atoms. The van der Waals surface area contributed by atoms with Crippen LogP contribution in [0.25, 0.3) is 126 Å². The van der Waals surface area contributed by atoms with Crippen LogP contribution in [0.5, 0.6) is 0 Å². The van der Waals surface area contributed by atoms with Crippen molar-refractivity contribution in [3.05, 3.63) is 218 Å². The minimum Gasteiger partial charge on any atom is -0.308 e. The zero-order valence-electron chi connectivity index (χ0n) is 34.5. The minimum atomic E-state index is 0.617. The minimum absolute atomic E-state index is 0.617. The lowest BCUT2D eigenvalue weighted by molar-refractivity contribution is 1.07. The summed E-state index contributed by atoms with van der Waals surface area (Å²) in [6.45, 7) is 0. The molecule has 13 aromatic rings. The third-order valence-corrected chi connectivity index (χ3v) is 13.8. The summed E-state index contributed by atoms with van der Waals surface area (Å²) in [7, 11) is 0. The molecule has 0 saturated carbocycles. The summed E-state index contributed by atoms with van der Waals surface area (Å²) in [5.74, 6) is 1.89. The van der Waals surface area contributed by atoms with Gasteiger partial charge in [0.05, 0.1) is 16.7 Å². The van der Waals surface area contributed by atoms with Crippen molar-refractivity contribution in [2.75, 3.05) is 0 Å². The number of hydrogen-bond acceptors (Lipinski definition) is 4. The van der Waals surface area contributed by atoms with E-state index in [1.807, 2.05) is 29.5 Å². The van der Waals surface area contributed by atoms with Gasteiger partial charge in [0.25, 0.3) is 0 Å². The molecule has 0 radical (unpaired) electrons. The monoisotopic (exact) mass is 832 g/mol. The van der Waals surface area contributed by atoms with E-state index < -0.39 is 0 Å². The Kier molecular flexibility index (Phi) is 8.36. The molecule has 0 atom stereocenters. The first-order valence-corrected chi connectivity index (χ1v) is 22.4. The van der Waals surface area contributed by atoms with Gasteiger partial charge in [-0.1, -0.05) is 164 Å². The third kappa shape index (κ3) is 6.01. The Morgan fingerprint density at radius 2 is 0.859 bits per heavy atom. The Morgan fingerprint density at radius 1 is 0.312 bits per heavy atom. The van der Waals surface area contributed by atoms with Crippen molar-refractivity contribution in [3.63, 3.8) is 0 Å². The molecule has 5 heteroatoms. The molecule has 0 unspecified atom stereocenters. The van der Waals surface area contributed by atoms with Crippen LogP contribution in [0.2, 0.25) is 0 Å². The van der Waals surface area contributed by atoms with Crippen molar-refractivity contribution in [1.82, 2.24) is 19.5 Å². The highest BCUT2D eigenvalue weighted by atomic mass is 32.1. The molecule has 0 amide bonds. The molecule has 0 saturated heterocycles. The SMILES string of the molecule is c1ccc(-c2ccc(-c3cc(-c4nc(-c5ccccc5)nc(-c5ccc6sc7ccccc7c6c5)n4)ccc3-n3c4cc5ccccc5cc4c4ccc5ccccc5c43)cc2)cc1. The molecule has 3 aromatic heterocycles. The third-order valence-electron chi connectivity index (χ3n) is 12.6. The summed E-state index contributed by atoms with van der Waals surface area (Å²) in [5.41, 5.74) is 10.7. The fourth-order valence-electron chi connectivity index (χ4n) is 9.50. The first-order chi connectivity index (χ1) is 31.7. The lowest BCUT2D eigenvalue weighted by Crippen LogP contribution is -2.02. The van der Waals surface area contributed by atoms with Crippen LogP contribution in [0.15, 0.2) is 218 Å². The number of rotatable bonds is 6. The summed E-state index contributed by atoms with van der Waals surface area (Å²) in [6, 6.07) is 78.3. The Balaban J connectivity index is 1.07. The molecular weight excluding hydrogens is 797 g/mol. The van der Waals surface area contributed by atoms with E-state index in [0.29, 0.717) is 17.5 Å². The van der Waals surface area contributed by atoms with Gasteiger partial charge in [0, 0.05) is 58.6 Å². The fourth-order valence-corrected chi connectivity index (χ4v) is 10.6. The molecule has 0 bridgehead atoms. The second-order valence-electron chi connectivity index (χ2n) is 16.4. The molecule has 298 valence electrons. The van der Waals surface area contributed by atoms with Gasteiger partial charge in [0.15, 0.2) is 17.5 Å². The van der Waals surface area contributed by atoms with Gasteiger partial charge >= 0.3 is 0 Å². The quantitative estimate of drug-likeness (QED) is 0.168. The van der Waals surface area contributed by atoms with Crippen LogP contribution in [0.3, 0.4) is 0 Å². The van der Waals surface area contributed by atoms with Gasteiger partial charge in [-0.05, 0) is 87.4 Å². The summed E-state index contributed by atoms with van der Waals surface area (Å²) in [6.07, 6.45) is 0. The number of hydrogen-bond donors (Lipinski definition) is 0. The second kappa shape index (κ2) is 14.7. The summed E-state index contributed by atoms with van der Waals surface area (Å²) < 4.78 is 5.00. The van der Waals surface area contributed by atoms with E-state index in [-0.39, 0.29) is 0 Å². The van der Waals surface area contributed by atoms with E-state index in [1.165, 1.54) is 69.1 Å². The van der Waals surface area contributed by atoms with Gasteiger partial charge in [0.1, 0.15) is 0 Å². The predicted molar refractivity (Wildman–Crippen MR) is 269 cm³/mol. The number of nitrogens with zero attached hydrogens (tertiary/aromatic N) is 4. The number of aromatic nitrogens is 4. The summed E-state index contributed by atoms with van der Waals surface area (Å²) in [4.78, 5) is 15.7. The fraction of sp³-hybridized carbons (Fsp3) is 0. The average Bonchev–Trinajstić information content (AvgIpc) is 3.91. The normalized spacial score (nSPS) is 11.8. The summed E-state index contributed by atoms with van der Waals surface area (Å²) >= 11 is 1.81. The van der Waals surface area contributed by atoms with E-state index in [2.05, 4.69) is 205 Å². The molecule has 4 nitrogen and oxygen atoms in total. The van der Waals surface area contributed by atoms with Crippen molar-refractivity contribution in [2.24, 2.45) is 0 Å². The topological polar surface area (TPSA) is 43.6 Å². The highest BCUT2D eigenvalue weighted by Crippen LogP contribution is 2.43. The van der Waals surface area contributed by atoms with Crippen LogP contribution in [-0.4, -0.2) is 19.5 Å². The Labute approximate surface area is 373 Å². The van der Waals surface area contributed by atoms with Crippen molar-refractivity contribution < 1.29 is 0 Å². The Hall–Kier alpha value is -8.25.